The van der Waals surface area contributed by atoms with E-state index in [2.05, 4.69) is 14.5 Å². The summed E-state index contributed by atoms with van der Waals surface area (Å²) in [5.74, 6) is -0.429. The SMILES string of the molecule is COOCC(O)COC(C)=O. The Hall–Kier alpha value is -0.650. The van der Waals surface area contributed by atoms with Gasteiger partial charge in [-0.05, 0) is 0 Å². The molecular weight excluding hydrogens is 152 g/mol. The highest BCUT2D eigenvalue weighted by molar-refractivity contribution is 5.65. The van der Waals surface area contributed by atoms with Crippen LogP contribution in [0.1, 0.15) is 6.92 Å². The highest BCUT2D eigenvalue weighted by atomic mass is 17.2. The van der Waals surface area contributed by atoms with Crippen molar-refractivity contribution in [1.29, 1.82) is 0 Å². The number of aliphatic hydroxyl groups excluding tert-OH is 1. The van der Waals surface area contributed by atoms with Gasteiger partial charge < -0.3 is 9.84 Å². The average Bonchev–Trinajstić information content (AvgIpc) is 1.97. The summed E-state index contributed by atoms with van der Waals surface area (Å²) < 4.78 is 4.48. The van der Waals surface area contributed by atoms with E-state index in [4.69, 9.17) is 5.11 Å². The molecule has 1 unspecified atom stereocenters. The van der Waals surface area contributed by atoms with Gasteiger partial charge in [-0.1, -0.05) is 0 Å². The summed E-state index contributed by atoms with van der Waals surface area (Å²) in [5.41, 5.74) is 0. The fraction of sp³-hybridized carbons (Fsp3) is 0.833. The molecule has 0 saturated heterocycles. The first-order chi connectivity index (χ1) is 5.16. The molecule has 0 bridgehead atoms. The van der Waals surface area contributed by atoms with Crippen LogP contribution in [0.15, 0.2) is 0 Å². The van der Waals surface area contributed by atoms with Crippen molar-refractivity contribution in [2.24, 2.45) is 0 Å². The van der Waals surface area contributed by atoms with E-state index in [9.17, 15) is 4.79 Å². The second-order valence-corrected chi connectivity index (χ2v) is 1.91. The van der Waals surface area contributed by atoms with Gasteiger partial charge >= 0.3 is 5.97 Å². The Morgan fingerprint density at radius 2 is 2.18 bits per heavy atom. The predicted molar refractivity (Wildman–Crippen MR) is 35.6 cm³/mol. The van der Waals surface area contributed by atoms with Crippen LogP contribution in [-0.2, 0) is 19.3 Å². The van der Waals surface area contributed by atoms with E-state index in [1.807, 2.05) is 0 Å². The topological polar surface area (TPSA) is 65.0 Å². The minimum Gasteiger partial charge on any atom is -0.463 e. The Kier molecular flexibility index (Phi) is 5.73. The lowest BCUT2D eigenvalue weighted by molar-refractivity contribution is -0.286. The molecule has 0 amide bonds. The fourth-order valence-corrected chi connectivity index (χ4v) is 0.408. The quantitative estimate of drug-likeness (QED) is 0.337. The van der Waals surface area contributed by atoms with E-state index >= 15 is 0 Å². The van der Waals surface area contributed by atoms with Gasteiger partial charge in [-0.25, -0.2) is 9.78 Å². The van der Waals surface area contributed by atoms with Gasteiger partial charge in [0.1, 0.15) is 19.3 Å². The number of carbonyl (C=O) groups is 1. The van der Waals surface area contributed by atoms with Gasteiger partial charge in [0.05, 0.1) is 7.11 Å². The lowest BCUT2D eigenvalue weighted by Crippen LogP contribution is -2.22. The normalized spacial score (nSPS) is 12.6. The van der Waals surface area contributed by atoms with Crippen molar-refractivity contribution in [2.75, 3.05) is 20.3 Å². The zero-order valence-corrected chi connectivity index (χ0v) is 6.57. The van der Waals surface area contributed by atoms with Gasteiger partial charge in [0.15, 0.2) is 0 Å². The van der Waals surface area contributed by atoms with Crippen molar-refractivity contribution in [2.45, 2.75) is 13.0 Å². The summed E-state index contributed by atoms with van der Waals surface area (Å²) in [6, 6.07) is 0. The van der Waals surface area contributed by atoms with Crippen LogP contribution in [0.3, 0.4) is 0 Å². The molecule has 0 heterocycles. The Labute approximate surface area is 64.8 Å². The van der Waals surface area contributed by atoms with E-state index in [0.717, 1.165) is 0 Å². The minimum atomic E-state index is -0.834. The van der Waals surface area contributed by atoms with E-state index in [1.54, 1.807) is 0 Å². The van der Waals surface area contributed by atoms with Crippen molar-refractivity contribution < 1.29 is 24.4 Å². The third-order valence-corrected chi connectivity index (χ3v) is 0.857. The molecule has 0 aliphatic carbocycles. The highest BCUT2D eigenvalue weighted by Gasteiger charge is 2.05. The average molecular weight is 164 g/mol. The summed E-state index contributed by atoms with van der Waals surface area (Å²) in [7, 11) is 1.33. The maximum absolute atomic E-state index is 10.2. The van der Waals surface area contributed by atoms with Gasteiger partial charge in [0.2, 0.25) is 0 Å². The van der Waals surface area contributed by atoms with Crippen molar-refractivity contribution >= 4 is 5.97 Å². The molecule has 0 fully saturated rings. The van der Waals surface area contributed by atoms with Gasteiger partial charge in [-0.15, -0.1) is 0 Å². The molecule has 1 atom stereocenters. The number of aliphatic hydroxyl groups is 1. The molecule has 0 aliphatic heterocycles. The van der Waals surface area contributed by atoms with Crippen LogP contribution < -0.4 is 0 Å². The number of ether oxygens (including phenoxy) is 1. The molecule has 5 heteroatoms. The largest absolute Gasteiger partial charge is 0.463 e. The van der Waals surface area contributed by atoms with E-state index in [-0.39, 0.29) is 13.2 Å². The molecule has 0 rings (SSSR count). The standard InChI is InChI=1S/C6H12O5/c1-5(7)10-3-6(8)4-11-9-2/h6,8H,3-4H2,1-2H3. The van der Waals surface area contributed by atoms with Crippen LogP contribution in [-0.4, -0.2) is 37.5 Å². The number of carbonyl (C=O) groups excluding carboxylic acids is 1. The van der Waals surface area contributed by atoms with Crippen molar-refractivity contribution in [3.8, 4) is 0 Å². The molecular formula is C6H12O5. The molecule has 0 aliphatic rings. The third-order valence-electron chi connectivity index (χ3n) is 0.857. The Bertz CT molecular complexity index is 114. The summed E-state index contributed by atoms with van der Waals surface area (Å²) in [4.78, 5) is 18.8. The van der Waals surface area contributed by atoms with Gasteiger partial charge in [-0.2, -0.15) is 0 Å². The molecule has 11 heavy (non-hydrogen) atoms. The predicted octanol–water partition coefficient (Wildman–Crippen LogP) is -0.512. The van der Waals surface area contributed by atoms with Crippen LogP contribution >= 0.6 is 0 Å². The number of esters is 1. The van der Waals surface area contributed by atoms with Crippen molar-refractivity contribution in [3.63, 3.8) is 0 Å². The molecule has 0 saturated carbocycles. The minimum absolute atomic E-state index is 0.0101. The monoisotopic (exact) mass is 164 g/mol. The molecule has 1 N–H and O–H groups in total. The Balaban J connectivity index is 3.22. The molecule has 0 aromatic rings. The summed E-state index contributed by atoms with van der Waals surface area (Å²) >= 11 is 0. The molecule has 5 nitrogen and oxygen atoms in total. The molecule has 0 aromatic heterocycles. The van der Waals surface area contributed by atoms with Crippen LogP contribution in [0.5, 0.6) is 0 Å². The van der Waals surface area contributed by atoms with Crippen molar-refractivity contribution in [1.82, 2.24) is 0 Å². The van der Waals surface area contributed by atoms with E-state index in [1.165, 1.54) is 14.0 Å². The smallest absolute Gasteiger partial charge is 0.302 e. The van der Waals surface area contributed by atoms with Gasteiger partial charge in [0.25, 0.3) is 0 Å². The first kappa shape index (κ1) is 10.3. The summed E-state index contributed by atoms with van der Waals surface area (Å²) in [5, 5.41) is 8.95. The molecule has 0 radical (unpaired) electrons. The molecule has 0 spiro atoms. The zero-order valence-electron chi connectivity index (χ0n) is 6.57. The number of rotatable bonds is 5. The van der Waals surface area contributed by atoms with Gasteiger partial charge in [-0.3, -0.25) is 4.79 Å². The molecule has 0 aromatic carbocycles. The second kappa shape index (κ2) is 6.09. The van der Waals surface area contributed by atoms with E-state index in [0.29, 0.717) is 0 Å². The lowest BCUT2D eigenvalue weighted by atomic mass is 10.4. The lowest BCUT2D eigenvalue weighted by Gasteiger charge is -2.08. The zero-order chi connectivity index (χ0) is 8.69. The third kappa shape index (κ3) is 7.24. The van der Waals surface area contributed by atoms with Crippen LogP contribution in [0.4, 0.5) is 0 Å². The van der Waals surface area contributed by atoms with Gasteiger partial charge in [0, 0.05) is 6.92 Å². The van der Waals surface area contributed by atoms with Crippen LogP contribution in [0, 0.1) is 0 Å². The first-order valence-corrected chi connectivity index (χ1v) is 3.14. The fourth-order valence-electron chi connectivity index (χ4n) is 0.408. The van der Waals surface area contributed by atoms with Crippen molar-refractivity contribution in [3.05, 3.63) is 0 Å². The summed E-state index contributed by atoms with van der Waals surface area (Å²) in [6.07, 6.45) is -0.834. The summed E-state index contributed by atoms with van der Waals surface area (Å²) in [6.45, 7) is 1.19. The maximum atomic E-state index is 10.2. The Morgan fingerprint density at radius 1 is 1.55 bits per heavy atom. The van der Waals surface area contributed by atoms with Crippen LogP contribution in [0.2, 0.25) is 0 Å². The number of hydrogen-bond acceptors (Lipinski definition) is 5. The second-order valence-electron chi connectivity index (χ2n) is 1.91. The van der Waals surface area contributed by atoms with Crippen LogP contribution in [0.25, 0.3) is 0 Å². The Morgan fingerprint density at radius 3 is 2.64 bits per heavy atom. The molecule has 66 valence electrons. The highest BCUT2D eigenvalue weighted by Crippen LogP contribution is 1.87. The first-order valence-electron chi connectivity index (χ1n) is 3.14. The number of hydrogen-bond donors (Lipinski definition) is 1. The van der Waals surface area contributed by atoms with E-state index < -0.39 is 12.1 Å². The maximum Gasteiger partial charge on any atom is 0.302 e.